The van der Waals surface area contributed by atoms with Gasteiger partial charge >= 0.3 is 0 Å². The van der Waals surface area contributed by atoms with Crippen LogP contribution in [0.1, 0.15) is 5.56 Å². The summed E-state index contributed by atoms with van der Waals surface area (Å²) in [5.74, 6) is 0.629. The molecule has 7 nitrogen and oxygen atoms in total. The SMILES string of the molecule is COc1cnc2c(-c3nc4c(F)cc5c(c4s3)OC[C@H](CO)O5)cc(C)cc2n1. The minimum atomic E-state index is -0.516. The van der Waals surface area contributed by atoms with Crippen LogP contribution in [-0.4, -0.2) is 46.5 Å². The van der Waals surface area contributed by atoms with E-state index in [9.17, 15) is 9.50 Å². The summed E-state index contributed by atoms with van der Waals surface area (Å²) in [7, 11) is 1.54. The number of benzene rings is 2. The highest BCUT2D eigenvalue weighted by Gasteiger charge is 2.27. The lowest BCUT2D eigenvalue weighted by Gasteiger charge is -2.25. The van der Waals surface area contributed by atoms with Gasteiger partial charge in [-0.1, -0.05) is 0 Å². The second-order valence-corrected chi connectivity index (χ2v) is 7.71. The fraction of sp³-hybridized carbons (Fsp3) is 0.250. The van der Waals surface area contributed by atoms with E-state index >= 15 is 0 Å². The minimum absolute atomic E-state index is 0.191. The molecule has 4 aromatic rings. The van der Waals surface area contributed by atoms with Crippen molar-refractivity contribution in [2.45, 2.75) is 13.0 Å². The Kier molecular flexibility index (Phi) is 4.21. The Morgan fingerprint density at radius 1 is 1.28 bits per heavy atom. The Morgan fingerprint density at radius 2 is 2.14 bits per heavy atom. The molecule has 2 aromatic heterocycles. The Balaban J connectivity index is 1.72. The van der Waals surface area contributed by atoms with E-state index in [1.807, 2.05) is 19.1 Å². The van der Waals surface area contributed by atoms with E-state index in [-0.39, 0.29) is 24.5 Å². The molecule has 29 heavy (non-hydrogen) atoms. The Morgan fingerprint density at radius 3 is 2.93 bits per heavy atom. The van der Waals surface area contributed by atoms with Gasteiger partial charge in [-0.05, 0) is 24.6 Å². The number of aliphatic hydroxyl groups excluding tert-OH is 1. The molecule has 3 heterocycles. The van der Waals surface area contributed by atoms with Crippen molar-refractivity contribution in [3.8, 4) is 28.0 Å². The molecule has 0 radical (unpaired) electrons. The second kappa shape index (κ2) is 6.78. The molecule has 1 N–H and O–H groups in total. The standard InChI is InChI=1S/C20H16FN3O4S/c1-9-3-11(16-13(4-9)23-15(26-2)6-22-16)20-24-17-12(21)5-14-18(19(17)29-20)27-8-10(7-25)28-14/h3-6,10,25H,7-8H2,1-2H3/t10-/m0/s1. The van der Waals surface area contributed by atoms with E-state index in [2.05, 4.69) is 15.0 Å². The van der Waals surface area contributed by atoms with Crippen LogP contribution in [0.25, 0.3) is 31.8 Å². The van der Waals surface area contributed by atoms with E-state index in [0.717, 1.165) is 11.1 Å². The molecule has 0 saturated carbocycles. The van der Waals surface area contributed by atoms with Gasteiger partial charge in [-0.15, -0.1) is 11.3 Å². The van der Waals surface area contributed by atoms with Gasteiger partial charge in [0.15, 0.2) is 23.4 Å². The van der Waals surface area contributed by atoms with Crippen molar-refractivity contribution in [1.29, 1.82) is 0 Å². The van der Waals surface area contributed by atoms with Crippen molar-refractivity contribution in [1.82, 2.24) is 15.0 Å². The van der Waals surface area contributed by atoms with Crippen LogP contribution in [0.15, 0.2) is 24.4 Å². The summed E-state index contributed by atoms with van der Waals surface area (Å²) in [6, 6.07) is 5.11. The molecule has 0 spiro atoms. The number of rotatable bonds is 3. The van der Waals surface area contributed by atoms with Crippen LogP contribution >= 0.6 is 11.3 Å². The number of methoxy groups -OCH3 is 1. The first-order chi connectivity index (χ1) is 14.1. The maximum absolute atomic E-state index is 14.7. The molecule has 0 aliphatic carbocycles. The van der Waals surface area contributed by atoms with Crippen LogP contribution < -0.4 is 14.2 Å². The average Bonchev–Trinajstić information content (AvgIpc) is 3.18. The minimum Gasteiger partial charge on any atom is -0.484 e. The zero-order chi connectivity index (χ0) is 20.1. The molecule has 0 bridgehead atoms. The number of ether oxygens (including phenoxy) is 3. The average molecular weight is 413 g/mol. The first-order valence-electron chi connectivity index (χ1n) is 8.92. The third-order valence-corrected chi connectivity index (χ3v) is 5.75. The van der Waals surface area contributed by atoms with Gasteiger partial charge < -0.3 is 19.3 Å². The molecule has 0 saturated heterocycles. The van der Waals surface area contributed by atoms with Gasteiger partial charge in [0.2, 0.25) is 5.88 Å². The Hall–Kier alpha value is -3.04. The molecule has 1 aliphatic heterocycles. The summed E-state index contributed by atoms with van der Waals surface area (Å²) >= 11 is 1.30. The number of fused-ring (bicyclic) bond motifs is 4. The topological polar surface area (TPSA) is 86.6 Å². The van der Waals surface area contributed by atoms with E-state index in [1.165, 1.54) is 24.5 Å². The zero-order valence-corrected chi connectivity index (χ0v) is 16.4. The first kappa shape index (κ1) is 18.0. The van der Waals surface area contributed by atoms with Gasteiger partial charge in [0, 0.05) is 11.6 Å². The normalized spacial score (nSPS) is 15.8. The maximum atomic E-state index is 14.7. The zero-order valence-electron chi connectivity index (χ0n) is 15.6. The highest BCUT2D eigenvalue weighted by Crippen LogP contribution is 2.45. The number of nitrogens with zero attached hydrogens (tertiary/aromatic N) is 3. The van der Waals surface area contributed by atoms with E-state index < -0.39 is 11.9 Å². The monoisotopic (exact) mass is 413 g/mol. The van der Waals surface area contributed by atoms with Gasteiger partial charge in [0.1, 0.15) is 21.8 Å². The number of aryl methyl sites for hydroxylation is 1. The van der Waals surface area contributed by atoms with Crippen LogP contribution in [0.4, 0.5) is 4.39 Å². The first-order valence-corrected chi connectivity index (χ1v) is 9.74. The fourth-order valence-electron chi connectivity index (χ4n) is 3.33. The van der Waals surface area contributed by atoms with Crippen LogP contribution in [0, 0.1) is 12.7 Å². The van der Waals surface area contributed by atoms with Crippen LogP contribution in [-0.2, 0) is 0 Å². The van der Waals surface area contributed by atoms with E-state index in [0.29, 0.717) is 32.4 Å². The van der Waals surface area contributed by atoms with E-state index in [1.54, 1.807) is 6.20 Å². The molecule has 2 aromatic carbocycles. The fourth-order valence-corrected chi connectivity index (χ4v) is 4.41. The van der Waals surface area contributed by atoms with Gasteiger partial charge in [-0.2, -0.15) is 0 Å². The molecular formula is C20H16FN3O4S. The molecule has 1 aliphatic rings. The van der Waals surface area contributed by atoms with Crippen molar-refractivity contribution in [3.63, 3.8) is 0 Å². The molecule has 148 valence electrons. The summed E-state index contributed by atoms with van der Waals surface area (Å²) < 4.78 is 31.8. The summed E-state index contributed by atoms with van der Waals surface area (Å²) in [4.78, 5) is 13.4. The summed E-state index contributed by atoms with van der Waals surface area (Å²) in [6.45, 7) is 1.94. The largest absolute Gasteiger partial charge is 0.484 e. The van der Waals surface area contributed by atoms with Crippen molar-refractivity contribution < 1.29 is 23.7 Å². The quantitative estimate of drug-likeness (QED) is 0.550. The van der Waals surface area contributed by atoms with Crippen molar-refractivity contribution in [3.05, 3.63) is 35.8 Å². The predicted molar refractivity (Wildman–Crippen MR) is 106 cm³/mol. The van der Waals surface area contributed by atoms with Crippen molar-refractivity contribution in [2.24, 2.45) is 0 Å². The lowest BCUT2D eigenvalue weighted by atomic mass is 10.1. The number of aromatic nitrogens is 3. The van der Waals surface area contributed by atoms with E-state index in [4.69, 9.17) is 14.2 Å². The van der Waals surface area contributed by atoms with Crippen LogP contribution in [0.3, 0.4) is 0 Å². The van der Waals surface area contributed by atoms with Gasteiger partial charge in [0.05, 0.1) is 30.9 Å². The van der Waals surface area contributed by atoms with Gasteiger partial charge in [0.25, 0.3) is 0 Å². The van der Waals surface area contributed by atoms with Crippen molar-refractivity contribution in [2.75, 3.05) is 20.3 Å². The summed E-state index contributed by atoms with van der Waals surface area (Å²) in [6.07, 6.45) is 1.03. The molecule has 0 fully saturated rings. The number of hydrogen-bond acceptors (Lipinski definition) is 8. The van der Waals surface area contributed by atoms with Crippen LogP contribution in [0.2, 0.25) is 0 Å². The molecular weight excluding hydrogens is 397 g/mol. The second-order valence-electron chi connectivity index (χ2n) is 6.71. The molecule has 0 amide bonds. The molecule has 9 heteroatoms. The number of hydrogen-bond donors (Lipinski definition) is 1. The predicted octanol–water partition coefficient (Wildman–Crippen LogP) is 3.49. The molecule has 1 atom stereocenters. The molecule has 5 rings (SSSR count). The van der Waals surface area contributed by atoms with Crippen molar-refractivity contribution >= 4 is 32.6 Å². The Bertz CT molecular complexity index is 1260. The van der Waals surface area contributed by atoms with Gasteiger partial charge in [-0.25, -0.2) is 19.3 Å². The number of thiazole rings is 1. The lowest BCUT2D eigenvalue weighted by molar-refractivity contribution is 0.0465. The lowest BCUT2D eigenvalue weighted by Crippen LogP contribution is -2.32. The third kappa shape index (κ3) is 2.93. The number of aliphatic hydroxyl groups is 1. The summed E-state index contributed by atoms with van der Waals surface area (Å²) in [5, 5.41) is 9.89. The highest BCUT2D eigenvalue weighted by atomic mass is 32.1. The number of halogens is 1. The highest BCUT2D eigenvalue weighted by molar-refractivity contribution is 7.22. The molecule has 0 unspecified atom stereocenters. The third-order valence-electron chi connectivity index (χ3n) is 4.66. The maximum Gasteiger partial charge on any atom is 0.232 e. The Labute approximate surface area is 168 Å². The van der Waals surface area contributed by atoms with Gasteiger partial charge in [-0.3, -0.25) is 0 Å². The van der Waals surface area contributed by atoms with Crippen LogP contribution in [0.5, 0.6) is 17.4 Å². The smallest absolute Gasteiger partial charge is 0.232 e. The summed E-state index contributed by atoms with van der Waals surface area (Å²) in [5.41, 5.74) is 3.27.